The Balaban J connectivity index is 1.27. The first-order chi connectivity index (χ1) is 22.3. The maximum absolute atomic E-state index is 6.91. The van der Waals surface area contributed by atoms with E-state index < -0.39 is 5.41 Å². The van der Waals surface area contributed by atoms with E-state index in [1.54, 1.807) is 0 Å². The Labute approximate surface area is 259 Å². The van der Waals surface area contributed by atoms with Crippen LogP contribution >= 0.6 is 0 Å². The Bertz CT molecular complexity index is 2430. The minimum Gasteiger partial charge on any atom is -0.456 e. The predicted octanol–water partition coefficient (Wildman–Crippen LogP) is 9.71. The van der Waals surface area contributed by atoms with Crippen LogP contribution in [0.3, 0.4) is 0 Å². The molecule has 45 heavy (non-hydrogen) atoms. The van der Waals surface area contributed by atoms with Crippen LogP contribution in [0.2, 0.25) is 0 Å². The average molecular weight is 576 g/mol. The third-order valence-electron chi connectivity index (χ3n) is 9.57. The molecule has 3 aromatic heterocycles. The second-order valence-corrected chi connectivity index (χ2v) is 11.7. The molecule has 0 radical (unpaired) electrons. The number of benzene rings is 5. The molecule has 8 aromatic rings. The normalized spacial score (nSPS) is 13.7. The van der Waals surface area contributed by atoms with Crippen molar-refractivity contribution in [3.63, 3.8) is 0 Å². The molecule has 1 aliphatic carbocycles. The van der Waals surface area contributed by atoms with E-state index in [4.69, 9.17) is 14.7 Å². The molecule has 0 saturated carbocycles. The molecule has 0 fully saturated rings. The van der Waals surface area contributed by atoms with Gasteiger partial charge in [0.15, 0.2) is 0 Å². The van der Waals surface area contributed by atoms with Crippen LogP contribution in [-0.2, 0) is 5.41 Å². The fourth-order valence-electron chi connectivity index (χ4n) is 7.80. The molecule has 210 valence electrons. The van der Waals surface area contributed by atoms with Crippen LogP contribution in [0, 0.1) is 0 Å². The zero-order valence-corrected chi connectivity index (χ0v) is 24.2. The van der Waals surface area contributed by atoms with Gasteiger partial charge in [0.25, 0.3) is 0 Å². The predicted molar refractivity (Wildman–Crippen MR) is 179 cm³/mol. The van der Waals surface area contributed by atoms with Gasteiger partial charge >= 0.3 is 0 Å². The smallest absolute Gasteiger partial charge is 0.140 e. The quantitative estimate of drug-likeness (QED) is 0.206. The number of ether oxygens (including phenoxy) is 1. The lowest BCUT2D eigenvalue weighted by atomic mass is 9.66. The van der Waals surface area contributed by atoms with Gasteiger partial charge in [0.05, 0.1) is 27.8 Å². The number of rotatable bonds is 2. The fraction of sp³-hybridized carbons (Fsp3) is 0.0244. The second kappa shape index (κ2) is 9.01. The molecule has 0 atom stereocenters. The molecular formula is C41H25N3O. The number of aromatic nitrogens is 3. The first-order valence-corrected chi connectivity index (χ1v) is 15.3. The van der Waals surface area contributed by atoms with Crippen LogP contribution in [-0.4, -0.2) is 14.5 Å². The van der Waals surface area contributed by atoms with Crippen molar-refractivity contribution in [2.24, 2.45) is 0 Å². The van der Waals surface area contributed by atoms with Gasteiger partial charge in [0, 0.05) is 45.5 Å². The van der Waals surface area contributed by atoms with E-state index >= 15 is 0 Å². The highest BCUT2D eigenvalue weighted by Gasteiger charge is 2.52. The standard InChI is InChI=1S/C41H25N3O/c1-2-11-27(12-3-1)44-35-19-6-4-13-29(35)30-25-26(21-22-36(30)44)28-14-8-16-34-40(28)45-37-20-7-5-15-31(37)41(34)32-17-9-23-42-38(32)39-33(41)18-10-24-43-39/h1-25H. The van der Waals surface area contributed by atoms with E-state index in [1.807, 2.05) is 30.6 Å². The van der Waals surface area contributed by atoms with Gasteiger partial charge in [0.1, 0.15) is 11.5 Å². The molecule has 0 unspecified atom stereocenters. The van der Waals surface area contributed by atoms with Gasteiger partial charge in [-0.1, -0.05) is 91.0 Å². The van der Waals surface area contributed by atoms with Gasteiger partial charge in [0.2, 0.25) is 0 Å². The molecule has 0 N–H and O–H groups in total. The first kappa shape index (κ1) is 24.4. The summed E-state index contributed by atoms with van der Waals surface area (Å²) in [6.45, 7) is 0. The molecule has 5 aromatic carbocycles. The van der Waals surface area contributed by atoms with Crippen LogP contribution in [0.15, 0.2) is 152 Å². The van der Waals surface area contributed by atoms with Crippen molar-refractivity contribution in [3.05, 3.63) is 174 Å². The highest BCUT2D eigenvalue weighted by molar-refractivity contribution is 6.10. The van der Waals surface area contributed by atoms with Crippen molar-refractivity contribution in [2.75, 3.05) is 0 Å². The van der Waals surface area contributed by atoms with Crippen LogP contribution in [0.4, 0.5) is 0 Å². The molecule has 10 rings (SSSR count). The zero-order valence-electron chi connectivity index (χ0n) is 24.2. The topological polar surface area (TPSA) is 39.9 Å². The molecule has 1 aliphatic heterocycles. The molecule has 1 spiro atoms. The van der Waals surface area contributed by atoms with Gasteiger partial charge in [-0.2, -0.15) is 0 Å². The zero-order chi connectivity index (χ0) is 29.5. The summed E-state index contributed by atoms with van der Waals surface area (Å²) < 4.78 is 9.26. The summed E-state index contributed by atoms with van der Waals surface area (Å²) >= 11 is 0. The lowest BCUT2D eigenvalue weighted by molar-refractivity contribution is 0.438. The van der Waals surface area contributed by atoms with Gasteiger partial charge in [-0.25, -0.2) is 0 Å². The van der Waals surface area contributed by atoms with Gasteiger partial charge in [-0.3, -0.25) is 9.97 Å². The SMILES string of the molecule is c1ccc(-n2c3ccccc3c3cc(-c4cccc5c4Oc4ccccc4C54c5cccnc5-c5ncccc54)ccc32)cc1. The molecule has 4 heteroatoms. The molecule has 2 aliphatic rings. The summed E-state index contributed by atoms with van der Waals surface area (Å²) in [6, 6.07) is 49.5. The Hall–Kier alpha value is -6.00. The number of para-hydroxylation sites is 4. The second-order valence-electron chi connectivity index (χ2n) is 11.7. The van der Waals surface area contributed by atoms with Crippen LogP contribution < -0.4 is 4.74 Å². The molecule has 0 amide bonds. The number of nitrogens with zero attached hydrogens (tertiary/aromatic N) is 3. The third-order valence-corrected chi connectivity index (χ3v) is 9.57. The molecular weight excluding hydrogens is 550 g/mol. The molecule has 4 heterocycles. The van der Waals surface area contributed by atoms with E-state index in [-0.39, 0.29) is 0 Å². The minimum atomic E-state index is -0.596. The summed E-state index contributed by atoms with van der Waals surface area (Å²) in [4.78, 5) is 9.72. The lowest BCUT2D eigenvalue weighted by Gasteiger charge is -2.39. The van der Waals surface area contributed by atoms with Gasteiger partial charge in [-0.15, -0.1) is 0 Å². The van der Waals surface area contributed by atoms with Crippen molar-refractivity contribution in [1.82, 2.24) is 14.5 Å². The van der Waals surface area contributed by atoms with Crippen molar-refractivity contribution in [3.8, 4) is 39.7 Å². The summed E-state index contributed by atoms with van der Waals surface area (Å²) in [7, 11) is 0. The Kier molecular flexibility index (Phi) is 4.89. The number of pyridine rings is 2. The van der Waals surface area contributed by atoms with Crippen LogP contribution in [0.1, 0.15) is 22.3 Å². The Morgan fingerprint density at radius 3 is 2.00 bits per heavy atom. The number of hydrogen-bond donors (Lipinski definition) is 0. The minimum absolute atomic E-state index is 0.596. The van der Waals surface area contributed by atoms with Crippen molar-refractivity contribution in [1.29, 1.82) is 0 Å². The highest BCUT2D eigenvalue weighted by atomic mass is 16.5. The van der Waals surface area contributed by atoms with Crippen LogP contribution in [0.25, 0.3) is 50.0 Å². The monoisotopic (exact) mass is 575 g/mol. The van der Waals surface area contributed by atoms with Gasteiger partial charge < -0.3 is 9.30 Å². The molecule has 0 saturated heterocycles. The van der Waals surface area contributed by atoms with Crippen molar-refractivity contribution in [2.45, 2.75) is 5.41 Å². The van der Waals surface area contributed by atoms with E-state index in [0.717, 1.165) is 62.0 Å². The summed E-state index contributed by atoms with van der Waals surface area (Å²) in [6.07, 6.45) is 3.72. The average Bonchev–Trinajstić information content (AvgIpc) is 3.59. The Morgan fingerprint density at radius 2 is 1.18 bits per heavy atom. The molecule has 4 nitrogen and oxygen atoms in total. The molecule has 0 bridgehead atoms. The summed E-state index contributed by atoms with van der Waals surface area (Å²) in [5, 5.41) is 2.43. The third kappa shape index (κ3) is 3.15. The maximum Gasteiger partial charge on any atom is 0.140 e. The van der Waals surface area contributed by atoms with E-state index in [2.05, 4.69) is 126 Å². The van der Waals surface area contributed by atoms with E-state index in [0.29, 0.717) is 0 Å². The lowest BCUT2D eigenvalue weighted by Crippen LogP contribution is -2.32. The van der Waals surface area contributed by atoms with Crippen molar-refractivity contribution >= 4 is 21.8 Å². The maximum atomic E-state index is 6.91. The van der Waals surface area contributed by atoms with E-state index in [1.165, 1.54) is 21.8 Å². The van der Waals surface area contributed by atoms with Gasteiger partial charge in [-0.05, 0) is 65.2 Å². The number of fused-ring (bicyclic) bond motifs is 12. The largest absolute Gasteiger partial charge is 0.456 e. The number of hydrogen-bond acceptors (Lipinski definition) is 3. The summed E-state index contributed by atoms with van der Waals surface area (Å²) in [5.41, 5.74) is 11.4. The van der Waals surface area contributed by atoms with E-state index in [9.17, 15) is 0 Å². The van der Waals surface area contributed by atoms with Crippen LogP contribution in [0.5, 0.6) is 11.5 Å². The highest BCUT2D eigenvalue weighted by Crippen LogP contribution is 2.62. The Morgan fingerprint density at radius 1 is 0.511 bits per heavy atom. The summed E-state index contributed by atoms with van der Waals surface area (Å²) in [5.74, 6) is 1.72. The first-order valence-electron chi connectivity index (χ1n) is 15.3. The van der Waals surface area contributed by atoms with Crippen molar-refractivity contribution < 1.29 is 4.74 Å². The fourth-order valence-corrected chi connectivity index (χ4v) is 7.80.